The summed E-state index contributed by atoms with van der Waals surface area (Å²) in [6, 6.07) is 10.3. The molecule has 0 amide bonds. The molecule has 3 aromatic rings. The molecule has 0 aromatic carbocycles. The number of fused-ring (bicyclic) bond motifs is 1. The Morgan fingerprint density at radius 1 is 1.24 bits per heavy atom. The molecule has 0 saturated carbocycles. The van der Waals surface area contributed by atoms with Crippen molar-refractivity contribution >= 4 is 5.65 Å². The maximum Gasteiger partial charge on any atom is 0.137 e. The summed E-state index contributed by atoms with van der Waals surface area (Å²) in [5.41, 5.74) is 4.58. The quantitative estimate of drug-likeness (QED) is 0.693. The lowest BCUT2D eigenvalue weighted by atomic mass is 10.2. The first-order valence-electron chi connectivity index (χ1n) is 8.95. The summed E-state index contributed by atoms with van der Waals surface area (Å²) in [7, 11) is 0. The van der Waals surface area contributed by atoms with E-state index in [-0.39, 0.29) is 0 Å². The van der Waals surface area contributed by atoms with Gasteiger partial charge in [-0.3, -0.25) is 9.88 Å². The fourth-order valence-electron chi connectivity index (χ4n) is 3.58. The molecule has 5 heteroatoms. The van der Waals surface area contributed by atoms with Gasteiger partial charge in [-0.2, -0.15) is 0 Å². The number of rotatable bonds is 6. The van der Waals surface area contributed by atoms with Gasteiger partial charge in [0.1, 0.15) is 5.65 Å². The minimum Gasteiger partial charge on any atom is -0.377 e. The molecule has 3 aromatic heterocycles. The zero-order chi connectivity index (χ0) is 17.1. The summed E-state index contributed by atoms with van der Waals surface area (Å²) >= 11 is 0. The molecule has 0 aliphatic carbocycles. The van der Waals surface area contributed by atoms with E-state index in [0.717, 1.165) is 44.0 Å². The van der Waals surface area contributed by atoms with E-state index in [0.29, 0.717) is 6.10 Å². The number of hydrogen-bond acceptors (Lipinski definition) is 4. The van der Waals surface area contributed by atoms with E-state index < -0.39 is 0 Å². The minimum atomic E-state index is 0.330. The summed E-state index contributed by atoms with van der Waals surface area (Å²) in [6.45, 7) is 5.64. The third-order valence-electron chi connectivity index (χ3n) is 4.82. The van der Waals surface area contributed by atoms with Crippen molar-refractivity contribution in [3.8, 4) is 0 Å². The van der Waals surface area contributed by atoms with Crippen LogP contribution in [0.2, 0.25) is 0 Å². The average Bonchev–Trinajstić information content (AvgIpc) is 3.24. The Balaban J connectivity index is 1.59. The summed E-state index contributed by atoms with van der Waals surface area (Å²) in [5, 5.41) is 0. The van der Waals surface area contributed by atoms with Crippen LogP contribution in [0.15, 0.2) is 48.9 Å². The number of imidazole rings is 1. The number of pyridine rings is 2. The Kier molecular flexibility index (Phi) is 4.76. The Morgan fingerprint density at radius 2 is 2.20 bits per heavy atom. The van der Waals surface area contributed by atoms with Gasteiger partial charge in [0, 0.05) is 44.8 Å². The van der Waals surface area contributed by atoms with Crippen LogP contribution >= 0.6 is 0 Å². The van der Waals surface area contributed by atoms with Crippen LogP contribution in [0.25, 0.3) is 5.65 Å². The van der Waals surface area contributed by atoms with Gasteiger partial charge in [-0.1, -0.05) is 12.1 Å². The van der Waals surface area contributed by atoms with Crippen molar-refractivity contribution in [3.63, 3.8) is 0 Å². The topological polar surface area (TPSA) is 42.7 Å². The molecule has 0 spiro atoms. The fraction of sp³-hybridized carbons (Fsp3) is 0.400. The Hall–Kier alpha value is -2.24. The van der Waals surface area contributed by atoms with E-state index in [9.17, 15) is 0 Å². The first kappa shape index (κ1) is 16.2. The van der Waals surface area contributed by atoms with E-state index in [2.05, 4.69) is 45.6 Å². The Labute approximate surface area is 148 Å². The second-order valence-electron chi connectivity index (χ2n) is 6.74. The third kappa shape index (κ3) is 3.72. The van der Waals surface area contributed by atoms with Gasteiger partial charge in [-0.15, -0.1) is 0 Å². The molecule has 1 aliphatic rings. The van der Waals surface area contributed by atoms with Gasteiger partial charge >= 0.3 is 0 Å². The van der Waals surface area contributed by atoms with E-state index >= 15 is 0 Å². The molecule has 0 N–H and O–H groups in total. The predicted molar refractivity (Wildman–Crippen MR) is 97.3 cm³/mol. The summed E-state index contributed by atoms with van der Waals surface area (Å²) in [5.74, 6) is 0. The molecule has 1 atom stereocenters. The number of nitrogens with zero attached hydrogens (tertiary/aromatic N) is 4. The van der Waals surface area contributed by atoms with Crippen molar-refractivity contribution in [2.75, 3.05) is 13.2 Å². The van der Waals surface area contributed by atoms with E-state index in [1.165, 1.54) is 17.7 Å². The SMILES string of the molecule is Cc1nc2ccccn2c1CN(Cc1cccnc1)C[C@H]1CCCO1. The highest BCUT2D eigenvalue weighted by Crippen LogP contribution is 2.19. The van der Waals surface area contributed by atoms with Gasteiger partial charge in [-0.25, -0.2) is 4.98 Å². The van der Waals surface area contributed by atoms with Crippen molar-refractivity contribution in [2.45, 2.75) is 39.0 Å². The number of ether oxygens (including phenoxy) is 1. The lowest BCUT2D eigenvalue weighted by molar-refractivity contribution is 0.0673. The summed E-state index contributed by atoms with van der Waals surface area (Å²) in [4.78, 5) is 11.4. The molecule has 1 saturated heterocycles. The zero-order valence-electron chi connectivity index (χ0n) is 14.6. The number of aryl methyl sites for hydroxylation is 1. The summed E-state index contributed by atoms with van der Waals surface area (Å²) < 4.78 is 8.07. The second-order valence-corrected chi connectivity index (χ2v) is 6.74. The van der Waals surface area contributed by atoms with Crippen LogP contribution in [0.4, 0.5) is 0 Å². The van der Waals surface area contributed by atoms with Crippen LogP contribution in [0, 0.1) is 6.92 Å². The Bertz CT molecular complexity index is 824. The Morgan fingerprint density at radius 3 is 3.00 bits per heavy atom. The van der Waals surface area contributed by atoms with E-state index in [1.54, 1.807) is 0 Å². The zero-order valence-corrected chi connectivity index (χ0v) is 14.6. The van der Waals surface area contributed by atoms with Crippen LogP contribution in [0.1, 0.15) is 29.8 Å². The van der Waals surface area contributed by atoms with Crippen molar-refractivity contribution in [3.05, 3.63) is 65.9 Å². The van der Waals surface area contributed by atoms with E-state index in [1.807, 2.05) is 24.5 Å². The molecule has 1 fully saturated rings. The first-order valence-corrected chi connectivity index (χ1v) is 8.95. The minimum absolute atomic E-state index is 0.330. The first-order chi connectivity index (χ1) is 12.3. The molecule has 130 valence electrons. The highest BCUT2D eigenvalue weighted by atomic mass is 16.5. The molecule has 5 nitrogen and oxygen atoms in total. The third-order valence-corrected chi connectivity index (χ3v) is 4.82. The molecule has 0 bridgehead atoms. The second kappa shape index (κ2) is 7.33. The van der Waals surface area contributed by atoms with Crippen LogP contribution in [0.5, 0.6) is 0 Å². The maximum atomic E-state index is 5.88. The predicted octanol–water partition coefficient (Wildman–Crippen LogP) is 3.22. The van der Waals surface area contributed by atoms with Crippen molar-refractivity contribution in [1.82, 2.24) is 19.3 Å². The highest BCUT2D eigenvalue weighted by Gasteiger charge is 2.21. The van der Waals surface area contributed by atoms with Gasteiger partial charge in [0.05, 0.1) is 17.5 Å². The molecule has 4 heterocycles. The molecule has 0 radical (unpaired) electrons. The van der Waals surface area contributed by atoms with Crippen LogP contribution in [-0.2, 0) is 17.8 Å². The monoisotopic (exact) mass is 336 g/mol. The van der Waals surface area contributed by atoms with Crippen molar-refractivity contribution in [1.29, 1.82) is 0 Å². The molecule has 25 heavy (non-hydrogen) atoms. The lowest BCUT2D eigenvalue weighted by Crippen LogP contribution is -2.32. The lowest BCUT2D eigenvalue weighted by Gasteiger charge is -2.25. The molecule has 0 unspecified atom stereocenters. The van der Waals surface area contributed by atoms with Crippen molar-refractivity contribution in [2.24, 2.45) is 0 Å². The van der Waals surface area contributed by atoms with E-state index in [4.69, 9.17) is 9.72 Å². The maximum absolute atomic E-state index is 5.88. The smallest absolute Gasteiger partial charge is 0.137 e. The van der Waals surface area contributed by atoms with Gasteiger partial charge in [0.25, 0.3) is 0 Å². The summed E-state index contributed by atoms with van der Waals surface area (Å²) in [6.07, 6.45) is 8.51. The fourth-order valence-corrected chi connectivity index (χ4v) is 3.58. The van der Waals surface area contributed by atoms with Crippen molar-refractivity contribution < 1.29 is 4.74 Å². The van der Waals surface area contributed by atoms with Gasteiger partial charge in [0.2, 0.25) is 0 Å². The average molecular weight is 336 g/mol. The van der Waals surface area contributed by atoms with Gasteiger partial charge < -0.3 is 9.14 Å². The number of hydrogen-bond donors (Lipinski definition) is 0. The standard InChI is InChI=1S/C20H24N4O/c1-16-19(24-10-3-2-8-20(24)22-16)15-23(14-18-7-5-11-25-18)13-17-6-4-9-21-12-17/h2-4,6,8-10,12,18H,5,7,11,13-15H2,1H3/t18-/m1/s1. The molecular formula is C20H24N4O. The normalized spacial score (nSPS) is 17.6. The molecule has 1 aliphatic heterocycles. The number of aromatic nitrogens is 3. The van der Waals surface area contributed by atoms with Gasteiger partial charge in [0.15, 0.2) is 0 Å². The van der Waals surface area contributed by atoms with Gasteiger partial charge in [-0.05, 0) is 43.5 Å². The van der Waals surface area contributed by atoms with Crippen LogP contribution < -0.4 is 0 Å². The van der Waals surface area contributed by atoms with Crippen LogP contribution in [-0.4, -0.2) is 38.5 Å². The molecule has 4 rings (SSSR count). The van der Waals surface area contributed by atoms with Crippen LogP contribution in [0.3, 0.4) is 0 Å². The highest BCUT2D eigenvalue weighted by molar-refractivity contribution is 5.42. The largest absolute Gasteiger partial charge is 0.377 e. The molecular weight excluding hydrogens is 312 g/mol.